The highest BCUT2D eigenvalue weighted by molar-refractivity contribution is 9.10. The molecule has 122 valence electrons. The SMILES string of the molecule is COCCN(CC(=O)O)C(=O)c1[nH]nc(-c2ccccc2)c1Br. The van der Waals surface area contributed by atoms with Gasteiger partial charge in [0, 0.05) is 19.2 Å². The fraction of sp³-hybridized carbons (Fsp3) is 0.267. The summed E-state index contributed by atoms with van der Waals surface area (Å²) in [6.45, 7) is 0.0123. The second kappa shape index (κ2) is 7.89. The predicted molar refractivity (Wildman–Crippen MR) is 87.1 cm³/mol. The van der Waals surface area contributed by atoms with Crippen LogP contribution >= 0.6 is 15.9 Å². The smallest absolute Gasteiger partial charge is 0.323 e. The van der Waals surface area contributed by atoms with E-state index in [1.807, 2.05) is 30.3 Å². The Hall–Kier alpha value is -2.19. The Kier molecular flexibility index (Phi) is 5.89. The van der Waals surface area contributed by atoms with Gasteiger partial charge in [0.25, 0.3) is 5.91 Å². The molecule has 0 aliphatic rings. The number of hydrogen-bond donors (Lipinski definition) is 2. The van der Waals surface area contributed by atoms with Gasteiger partial charge >= 0.3 is 5.97 Å². The maximum absolute atomic E-state index is 12.6. The molecule has 1 heterocycles. The zero-order chi connectivity index (χ0) is 16.8. The molecule has 1 aromatic heterocycles. The van der Waals surface area contributed by atoms with Crippen LogP contribution in [0.15, 0.2) is 34.8 Å². The first-order valence-corrected chi connectivity index (χ1v) is 7.63. The molecule has 23 heavy (non-hydrogen) atoms. The normalized spacial score (nSPS) is 10.5. The zero-order valence-electron chi connectivity index (χ0n) is 12.5. The van der Waals surface area contributed by atoms with E-state index in [1.165, 1.54) is 12.0 Å². The summed E-state index contributed by atoms with van der Waals surface area (Å²) in [4.78, 5) is 24.7. The first-order chi connectivity index (χ1) is 11.0. The number of aromatic nitrogens is 2. The lowest BCUT2D eigenvalue weighted by molar-refractivity contribution is -0.137. The Morgan fingerprint density at radius 2 is 2.04 bits per heavy atom. The molecule has 0 unspecified atom stereocenters. The maximum Gasteiger partial charge on any atom is 0.323 e. The number of hydrogen-bond acceptors (Lipinski definition) is 4. The number of H-pyrrole nitrogens is 1. The fourth-order valence-corrected chi connectivity index (χ4v) is 2.61. The summed E-state index contributed by atoms with van der Waals surface area (Å²) in [6, 6.07) is 9.36. The van der Waals surface area contributed by atoms with Crippen LogP contribution in [0.2, 0.25) is 0 Å². The molecular weight excluding hydrogens is 366 g/mol. The number of amides is 1. The van der Waals surface area contributed by atoms with Gasteiger partial charge < -0.3 is 14.7 Å². The van der Waals surface area contributed by atoms with E-state index in [4.69, 9.17) is 9.84 Å². The van der Waals surface area contributed by atoms with E-state index in [2.05, 4.69) is 26.1 Å². The minimum absolute atomic E-state index is 0.174. The van der Waals surface area contributed by atoms with Crippen molar-refractivity contribution in [1.29, 1.82) is 0 Å². The number of aliphatic carboxylic acids is 1. The largest absolute Gasteiger partial charge is 0.480 e. The van der Waals surface area contributed by atoms with E-state index >= 15 is 0 Å². The van der Waals surface area contributed by atoms with E-state index < -0.39 is 18.4 Å². The predicted octanol–water partition coefficient (Wildman–Crippen LogP) is 2.01. The molecule has 1 aromatic carbocycles. The van der Waals surface area contributed by atoms with Crippen LogP contribution in [0, 0.1) is 0 Å². The molecule has 0 aliphatic carbocycles. The third kappa shape index (κ3) is 4.17. The molecule has 0 atom stereocenters. The maximum atomic E-state index is 12.6. The minimum atomic E-state index is -1.09. The van der Waals surface area contributed by atoms with Crippen molar-refractivity contribution >= 4 is 27.8 Å². The van der Waals surface area contributed by atoms with Crippen molar-refractivity contribution in [3.8, 4) is 11.3 Å². The topological polar surface area (TPSA) is 95.5 Å². The molecule has 0 saturated carbocycles. The van der Waals surface area contributed by atoms with Crippen LogP contribution in [0.5, 0.6) is 0 Å². The second-order valence-corrected chi connectivity index (χ2v) is 5.53. The standard InChI is InChI=1S/C15H16BrN3O4/c1-23-8-7-19(9-11(20)21)15(22)14-12(16)13(17-18-14)10-5-3-2-4-6-10/h2-6H,7-9H2,1H3,(H,17,18)(H,20,21). The van der Waals surface area contributed by atoms with Gasteiger partial charge in [0.1, 0.15) is 17.9 Å². The second-order valence-electron chi connectivity index (χ2n) is 4.74. The number of carbonyl (C=O) groups is 2. The van der Waals surface area contributed by atoms with Gasteiger partial charge in [-0.25, -0.2) is 0 Å². The van der Waals surface area contributed by atoms with Crippen LogP contribution in [0.3, 0.4) is 0 Å². The third-order valence-corrected chi connectivity index (χ3v) is 3.92. The minimum Gasteiger partial charge on any atom is -0.480 e. The molecule has 0 fully saturated rings. The number of halogens is 1. The van der Waals surface area contributed by atoms with Crippen LogP contribution in [-0.4, -0.2) is 58.9 Å². The van der Waals surface area contributed by atoms with Crippen molar-refractivity contribution in [2.75, 3.05) is 26.8 Å². The number of nitrogens with one attached hydrogen (secondary N) is 1. The van der Waals surface area contributed by atoms with Crippen molar-refractivity contribution in [3.63, 3.8) is 0 Å². The first-order valence-electron chi connectivity index (χ1n) is 6.84. The lowest BCUT2D eigenvalue weighted by atomic mass is 10.1. The number of rotatable bonds is 7. The van der Waals surface area contributed by atoms with Gasteiger partial charge in [-0.1, -0.05) is 30.3 Å². The quantitative estimate of drug-likeness (QED) is 0.764. The summed E-state index contributed by atoms with van der Waals surface area (Å²) in [6.07, 6.45) is 0. The molecular formula is C15H16BrN3O4. The molecule has 1 amide bonds. The molecule has 0 aliphatic heterocycles. The first kappa shape index (κ1) is 17.2. The Labute approximate surface area is 141 Å². The number of methoxy groups -OCH3 is 1. The van der Waals surface area contributed by atoms with Crippen molar-refractivity contribution in [2.24, 2.45) is 0 Å². The number of carbonyl (C=O) groups excluding carboxylic acids is 1. The molecule has 2 aromatic rings. The highest BCUT2D eigenvalue weighted by Crippen LogP contribution is 2.29. The van der Waals surface area contributed by atoms with E-state index in [0.717, 1.165) is 5.56 Å². The van der Waals surface area contributed by atoms with E-state index in [1.54, 1.807) is 0 Å². The van der Waals surface area contributed by atoms with E-state index in [0.29, 0.717) is 10.2 Å². The summed E-state index contributed by atoms with van der Waals surface area (Å²) in [5.74, 6) is -1.54. The summed E-state index contributed by atoms with van der Waals surface area (Å²) < 4.78 is 5.42. The average molecular weight is 382 g/mol. The van der Waals surface area contributed by atoms with Crippen molar-refractivity contribution < 1.29 is 19.4 Å². The summed E-state index contributed by atoms with van der Waals surface area (Å²) >= 11 is 3.37. The van der Waals surface area contributed by atoms with Gasteiger partial charge in [0.15, 0.2) is 0 Å². The number of aromatic amines is 1. The van der Waals surface area contributed by atoms with Gasteiger partial charge in [0.2, 0.25) is 0 Å². The molecule has 0 radical (unpaired) electrons. The molecule has 0 spiro atoms. The number of carboxylic acids is 1. The lowest BCUT2D eigenvalue weighted by Gasteiger charge is -2.19. The van der Waals surface area contributed by atoms with Gasteiger partial charge in [-0.3, -0.25) is 14.7 Å². The van der Waals surface area contributed by atoms with Crippen LogP contribution < -0.4 is 0 Å². The summed E-state index contributed by atoms with van der Waals surface area (Å²) in [7, 11) is 1.49. The van der Waals surface area contributed by atoms with Crippen molar-refractivity contribution in [3.05, 3.63) is 40.5 Å². The van der Waals surface area contributed by atoms with Crippen molar-refractivity contribution in [2.45, 2.75) is 0 Å². The summed E-state index contributed by atoms with van der Waals surface area (Å²) in [5, 5.41) is 15.8. The molecule has 0 saturated heterocycles. The number of benzene rings is 1. The Morgan fingerprint density at radius 3 is 2.65 bits per heavy atom. The molecule has 2 N–H and O–H groups in total. The fourth-order valence-electron chi connectivity index (χ4n) is 2.03. The zero-order valence-corrected chi connectivity index (χ0v) is 14.0. The Balaban J connectivity index is 2.27. The van der Waals surface area contributed by atoms with Gasteiger partial charge in [-0.15, -0.1) is 0 Å². The molecule has 7 nitrogen and oxygen atoms in total. The lowest BCUT2D eigenvalue weighted by Crippen LogP contribution is -2.38. The van der Waals surface area contributed by atoms with Crippen molar-refractivity contribution in [1.82, 2.24) is 15.1 Å². The third-order valence-electron chi connectivity index (χ3n) is 3.15. The van der Waals surface area contributed by atoms with E-state index in [-0.39, 0.29) is 18.8 Å². The number of nitrogens with zero attached hydrogens (tertiary/aromatic N) is 2. The molecule has 8 heteroatoms. The monoisotopic (exact) mass is 381 g/mol. The van der Waals surface area contributed by atoms with Crippen LogP contribution in [0.4, 0.5) is 0 Å². The van der Waals surface area contributed by atoms with Crippen LogP contribution in [0.25, 0.3) is 11.3 Å². The highest BCUT2D eigenvalue weighted by Gasteiger charge is 2.24. The number of carboxylic acid groups (broad SMARTS) is 1. The highest BCUT2D eigenvalue weighted by atomic mass is 79.9. The molecule has 0 bridgehead atoms. The Bertz CT molecular complexity index is 687. The Morgan fingerprint density at radius 1 is 1.35 bits per heavy atom. The van der Waals surface area contributed by atoms with E-state index in [9.17, 15) is 9.59 Å². The van der Waals surface area contributed by atoms with Gasteiger partial charge in [-0.2, -0.15) is 5.10 Å². The number of ether oxygens (including phenoxy) is 1. The van der Waals surface area contributed by atoms with Gasteiger partial charge in [-0.05, 0) is 15.9 Å². The van der Waals surface area contributed by atoms with Crippen LogP contribution in [0.1, 0.15) is 10.5 Å². The van der Waals surface area contributed by atoms with Gasteiger partial charge in [0.05, 0.1) is 11.1 Å². The average Bonchev–Trinajstić information content (AvgIpc) is 2.93. The molecule has 2 rings (SSSR count). The van der Waals surface area contributed by atoms with Crippen LogP contribution in [-0.2, 0) is 9.53 Å². The summed E-state index contributed by atoms with van der Waals surface area (Å²) in [5.41, 5.74) is 1.65.